The molecule has 7 nitrogen and oxygen atoms in total. The lowest BCUT2D eigenvalue weighted by Crippen LogP contribution is -2.54. The van der Waals surface area contributed by atoms with Crippen LogP contribution >= 0.6 is 11.8 Å². The Kier molecular flexibility index (Phi) is 9.85. The molecular weight excluding hydrogens is 450 g/mol. The third-order valence-electron chi connectivity index (χ3n) is 5.57. The average Bonchev–Trinajstić information content (AvgIpc) is 3.52. The van der Waals surface area contributed by atoms with E-state index in [1.807, 2.05) is 52.1 Å². The molecule has 0 spiro atoms. The van der Waals surface area contributed by atoms with Gasteiger partial charge in [0.1, 0.15) is 17.7 Å². The minimum Gasteiger partial charge on any atom is -0.444 e. The molecule has 190 valence electrons. The second-order valence-corrected chi connectivity index (χ2v) is 11.3. The number of nitrogens with zero attached hydrogens (tertiary/aromatic N) is 1. The summed E-state index contributed by atoms with van der Waals surface area (Å²) in [5, 5.41) is 5.81. The van der Waals surface area contributed by atoms with Crippen molar-refractivity contribution in [3.05, 3.63) is 34.9 Å². The van der Waals surface area contributed by atoms with Crippen molar-refractivity contribution in [2.24, 2.45) is 0 Å². The Bertz CT molecular complexity index is 857. The van der Waals surface area contributed by atoms with E-state index >= 15 is 0 Å². The first-order valence-corrected chi connectivity index (χ1v) is 13.4. The van der Waals surface area contributed by atoms with Gasteiger partial charge in [0.15, 0.2) is 0 Å². The molecule has 0 radical (unpaired) electrons. The van der Waals surface area contributed by atoms with E-state index in [1.54, 1.807) is 37.4 Å². The molecule has 34 heavy (non-hydrogen) atoms. The highest BCUT2D eigenvalue weighted by molar-refractivity contribution is 7.98. The van der Waals surface area contributed by atoms with Gasteiger partial charge in [0.25, 0.3) is 0 Å². The minimum absolute atomic E-state index is 0.0355. The highest BCUT2D eigenvalue weighted by Crippen LogP contribution is 2.38. The summed E-state index contributed by atoms with van der Waals surface area (Å²) in [7, 11) is 0. The van der Waals surface area contributed by atoms with Crippen molar-refractivity contribution >= 4 is 29.7 Å². The summed E-state index contributed by atoms with van der Waals surface area (Å²) in [6.07, 6.45) is 3.46. The van der Waals surface area contributed by atoms with Crippen LogP contribution in [0, 0.1) is 13.8 Å². The molecule has 1 aromatic carbocycles. The monoisotopic (exact) mass is 491 g/mol. The van der Waals surface area contributed by atoms with E-state index in [0.29, 0.717) is 12.2 Å². The van der Waals surface area contributed by atoms with Gasteiger partial charge in [-0.25, -0.2) is 4.79 Å². The minimum atomic E-state index is -0.776. The van der Waals surface area contributed by atoms with Gasteiger partial charge in [-0.2, -0.15) is 11.8 Å². The first-order chi connectivity index (χ1) is 15.9. The Morgan fingerprint density at radius 1 is 1.12 bits per heavy atom. The lowest BCUT2D eigenvalue weighted by atomic mass is 9.93. The standard InChI is InChI=1S/C26H41N3O4S/c1-16(2)27-23(30)22(21-17(3)10-9-11-18(21)4)29(19-12-13-19)24(31)20(14-15-34-8)28-25(32)33-26(5,6)7/h9-11,16,19-20,22H,12-15H2,1-8H3,(H,27,30)(H,28,32). The molecule has 0 aromatic heterocycles. The van der Waals surface area contributed by atoms with Crippen LogP contribution in [0.1, 0.15) is 76.6 Å². The normalized spacial score (nSPS) is 15.4. The van der Waals surface area contributed by atoms with Crippen LogP contribution in [0.4, 0.5) is 4.79 Å². The summed E-state index contributed by atoms with van der Waals surface area (Å²) in [6, 6.07) is 4.26. The van der Waals surface area contributed by atoms with Crippen LogP contribution < -0.4 is 10.6 Å². The number of alkyl carbamates (subject to hydrolysis) is 1. The van der Waals surface area contributed by atoms with Gasteiger partial charge in [-0.1, -0.05) is 18.2 Å². The lowest BCUT2D eigenvalue weighted by molar-refractivity contribution is -0.143. The summed E-state index contributed by atoms with van der Waals surface area (Å²) in [4.78, 5) is 41.9. The maximum Gasteiger partial charge on any atom is 0.408 e. The maximum atomic E-state index is 14.0. The van der Waals surface area contributed by atoms with Gasteiger partial charge in [-0.05, 0) is 96.4 Å². The molecule has 0 saturated heterocycles. The first-order valence-electron chi connectivity index (χ1n) is 12.0. The van der Waals surface area contributed by atoms with E-state index in [4.69, 9.17) is 4.74 Å². The van der Waals surface area contributed by atoms with Crippen LogP contribution in [-0.2, 0) is 14.3 Å². The van der Waals surface area contributed by atoms with Gasteiger partial charge in [-0.3, -0.25) is 9.59 Å². The summed E-state index contributed by atoms with van der Waals surface area (Å²) < 4.78 is 5.43. The molecule has 8 heteroatoms. The number of aryl methyl sites for hydroxylation is 2. The van der Waals surface area contributed by atoms with Gasteiger partial charge >= 0.3 is 6.09 Å². The fourth-order valence-corrected chi connectivity index (χ4v) is 4.48. The quantitative estimate of drug-likeness (QED) is 0.503. The Morgan fingerprint density at radius 2 is 1.71 bits per heavy atom. The van der Waals surface area contributed by atoms with Crippen molar-refractivity contribution in [2.75, 3.05) is 12.0 Å². The zero-order valence-electron chi connectivity index (χ0n) is 21.9. The summed E-state index contributed by atoms with van der Waals surface area (Å²) in [5.74, 6) is 0.249. The number of rotatable bonds is 10. The molecule has 0 aliphatic heterocycles. The molecule has 1 aliphatic carbocycles. The third kappa shape index (κ3) is 7.93. The Balaban J connectivity index is 2.48. The second kappa shape index (κ2) is 12.0. The Hall–Kier alpha value is -2.22. The summed E-state index contributed by atoms with van der Waals surface area (Å²) >= 11 is 1.61. The maximum absolute atomic E-state index is 14.0. The zero-order chi connectivity index (χ0) is 25.6. The van der Waals surface area contributed by atoms with Crippen LogP contribution in [0.25, 0.3) is 0 Å². The summed E-state index contributed by atoms with van der Waals surface area (Å²) in [5.41, 5.74) is 2.10. The number of hydrogen-bond acceptors (Lipinski definition) is 5. The highest BCUT2D eigenvalue weighted by atomic mass is 32.2. The van der Waals surface area contributed by atoms with E-state index in [9.17, 15) is 14.4 Å². The van der Waals surface area contributed by atoms with Gasteiger partial charge in [0.05, 0.1) is 0 Å². The smallest absolute Gasteiger partial charge is 0.408 e. The Morgan fingerprint density at radius 3 is 2.18 bits per heavy atom. The number of thioether (sulfide) groups is 1. The Labute approximate surface area is 208 Å². The van der Waals surface area contributed by atoms with Crippen LogP contribution in [0.15, 0.2) is 18.2 Å². The predicted octanol–water partition coefficient (Wildman–Crippen LogP) is 4.51. The number of hydrogen-bond donors (Lipinski definition) is 2. The molecule has 0 bridgehead atoms. The van der Waals surface area contributed by atoms with Crippen LogP contribution in [0.3, 0.4) is 0 Å². The molecule has 3 amide bonds. The summed E-state index contributed by atoms with van der Waals surface area (Å²) in [6.45, 7) is 13.1. The van der Waals surface area contributed by atoms with E-state index in [1.165, 1.54) is 0 Å². The SMILES string of the molecule is CSCCC(NC(=O)OC(C)(C)C)C(=O)N(C1CC1)C(C(=O)NC(C)C)c1c(C)cccc1C. The van der Waals surface area contributed by atoms with Crippen molar-refractivity contribution in [3.63, 3.8) is 0 Å². The largest absolute Gasteiger partial charge is 0.444 e. The molecule has 2 rings (SSSR count). The van der Waals surface area contributed by atoms with E-state index < -0.39 is 23.8 Å². The molecule has 2 N–H and O–H groups in total. The number of ether oxygens (including phenoxy) is 1. The highest BCUT2D eigenvalue weighted by Gasteiger charge is 2.44. The number of amides is 3. The topological polar surface area (TPSA) is 87.7 Å². The molecule has 1 aromatic rings. The van der Waals surface area contributed by atoms with Crippen LogP contribution in [-0.4, -0.2) is 58.5 Å². The van der Waals surface area contributed by atoms with Crippen molar-refractivity contribution < 1.29 is 19.1 Å². The molecule has 1 fully saturated rings. The fourth-order valence-electron chi connectivity index (χ4n) is 4.01. The molecular formula is C26H41N3O4S. The van der Waals surface area contributed by atoms with Gasteiger partial charge in [-0.15, -0.1) is 0 Å². The number of carbonyl (C=O) groups is 3. The average molecular weight is 492 g/mol. The third-order valence-corrected chi connectivity index (χ3v) is 6.21. The van der Waals surface area contributed by atoms with E-state index in [0.717, 1.165) is 29.5 Å². The predicted molar refractivity (Wildman–Crippen MR) is 138 cm³/mol. The van der Waals surface area contributed by atoms with Gasteiger partial charge in [0.2, 0.25) is 11.8 Å². The first kappa shape index (κ1) is 28.0. The van der Waals surface area contributed by atoms with E-state index in [-0.39, 0.29) is 23.9 Å². The van der Waals surface area contributed by atoms with Crippen molar-refractivity contribution in [1.82, 2.24) is 15.5 Å². The van der Waals surface area contributed by atoms with Gasteiger partial charge in [0, 0.05) is 12.1 Å². The van der Waals surface area contributed by atoms with Crippen LogP contribution in [0.5, 0.6) is 0 Å². The molecule has 1 saturated carbocycles. The van der Waals surface area contributed by atoms with E-state index in [2.05, 4.69) is 10.6 Å². The van der Waals surface area contributed by atoms with Crippen molar-refractivity contribution in [2.45, 2.75) is 97.5 Å². The van der Waals surface area contributed by atoms with Crippen LogP contribution in [0.2, 0.25) is 0 Å². The number of carbonyl (C=O) groups excluding carboxylic acids is 3. The molecule has 2 unspecified atom stereocenters. The lowest BCUT2D eigenvalue weighted by Gasteiger charge is -2.36. The van der Waals surface area contributed by atoms with Crippen molar-refractivity contribution in [3.8, 4) is 0 Å². The zero-order valence-corrected chi connectivity index (χ0v) is 22.7. The second-order valence-electron chi connectivity index (χ2n) is 10.3. The number of benzene rings is 1. The number of nitrogens with one attached hydrogen (secondary N) is 2. The molecule has 1 aliphatic rings. The molecule has 0 heterocycles. The fraction of sp³-hybridized carbons (Fsp3) is 0.654. The molecule has 2 atom stereocenters. The van der Waals surface area contributed by atoms with Gasteiger partial charge < -0.3 is 20.3 Å². The van der Waals surface area contributed by atoms with Crippen molar-refractivity contribution in [1.29, 1.82) is 0 Å².